The molecule has 2 aliphatic rings. The van der Waals surface area contributed by atoms with E-state index in [9.17, 15) is 28.8 Å². The number of carbonyl (C=O) groups is 6. The highest BCUT2D eigenvalue weighted by molar-refractivity contribution is 6.06. The number of hydrogen-bond donors (Lipinski definition) is 4. The minimum atomic E-state index is -1.26. The van der Waals surface area contributed by atoms with Crippen LogP contribution in [-0.2, 0) is 42.7 Å². The Labute approximate surface area is 454 Å². The monoisotopic (exact) mass is 1080 g/mol. The zero-order valence-corrected chi connectivity index (χ0v) is 47.9. The first-order valence-electron chi connectivity index (χ1n) is 26.9. The van der Waals surface area contributed by atoms with E-state index in [2.05, 4.69) is 75.3 Å². The molecular weight excluding hydrogens is 981 g/mol. The third-order valence-electron chi connectivity index (χ3n) is 14.0. The van der Waals surface area contributed by atoms with Crippen molar-refractivity contribution in [3.05, 3.63) is 50.6 Å². The van der Waals surface area contributed by atoms with Crippen molar-refractivity contribution >= 4 is 36.3 Å². The average molecular weight is 1080 g/mol. The van der Waals surface area contributed by atoms with Crippen molar-refractivity contribution in [2.75, 3.05) is 98.9 Å². The van der Waals surface area contributed by atoms with E-state index in [0.717, 1.165) is 11.3 Å². The summed E-state index contributed by atoms with van der Waals surface area (Å²) in [5.74, 6) is -0.481. The summed E-state index contributed by atoms with van der Waals surface area (Å²) >= 11 is 0. The fourth-order valence-electron chi connectivity index (χ4n) is 9.96. The number of hydrogen-bond acceptors (Lipinski definition) is 14. The minimum Gasteiger partial charge on any atom is -0.449 e. The van der Waals surface area contributed by atoms with Crippen LogP contribution in [0.5, 0.6) is 0 Å². The zero-order chi connectivity index (χ0) is 57.1. The second-order valence-electron chi connectivity index (χ2n) is 22.7. The Morgan fingerprint density at radius 2 is 1.18 bits per heavy atom. The van der Waals surface area contributed by atoms with E-state index in [-0.39, 0.29) is 62.4 Å². The third-order valence-corrected chi connectivity index (χ3v) is 14.0. The SMILES string of the molecule is C=CCOCC(CC)(COCC=C)COC(=O)NCCC(C)(C)CC(CCC)NC(=O)OCCN1C(=O)N(CCOC(=O)NC2CC(C)(C)CC(C)(NC(=O)OCC(CC)(COCC=C)COCC=C)C2)C(C)(C)C1=O. The van der Waals surface area contributed by atoms with Crippen LogP contribution in [-0.4, -0.2) is 168 Å². The van der Waals surface area contributed by atoms with Crippen LogP contribution in [0.2, 0.25) is 0 Å². The van der Waals surface area contributed by atoms with Crippen molar-refractivity contribution in [3.8, 4) is 0 Å². The molecule has 4 N–H and O–H groups in total. The number of nitrogens with zero attached hydrogens (tertiary/aromatic N) is 2. The maximum absolute atomic E-state index is 13.6. The fourth-order valence-corrected chi connectivity index (χ4v) is 9.96. The molecule has 20 nitrogen and oxygen atoms in total. The molecule has 1 saturated heterocycles. The van der Waals surface area contributed by atoms with Gasteiger partial charge < -0.3 is 64.1 Å². The van der Waals surface area contributed by atoms with E-state index in [1.807, 2.05) is 27.7 Å². The van der Waals surface area contributed by atoms with Gasteiger partial charge in [0.25, 0.3) is 5.91 Å². The van der Waals surface area contributed by atoms with Gasteiger partial charge in [0.1, 0.15) is 32.0 Å². The lowest BCUT2D eigenvalue weighted by Crippen LogP contribution is -2.57. The largest absolute Gasteiger partial charge is 0.449 e. The van der Waals surface area contributed by atoms with Crippen molar-refractivity contribution in [2.45, 2.75) is 150 Å². The maximum Gasteiger partial charge on any atom is 0.407 e. The molecule has 1 aliphatic heterocycles. The Hall–Kier alpha value is -5.18. The first-order chi connectivity index (χ1) is 35.8. The number of imide groups is 1. The molecule has 1 aliphatic carbocycles. The molecule has 0 spiro atoms. The molecule has 0 aromatic carbocycles. The highest BCUT2D eigenvalue weighted by atomic mass is 16.6. The molecule has 434 valence electrons. The molecule has 3 atom stereocenters. The van der Waals surface area contributed by atoms with Gasteiger partial charge in [0.05, 0.1) is 76.8 Å². The molecule has 2 rings (SSSR count). The van der Waals surface area contributed by atoms with E-state index in [4.69, 9.17) is 37.9 Å². The lowest BCUT2D eigenvalue weighted by molar-refractivity contribution is -0.132. The lowest BCUT2D eigenvalue weighted by Gasteiger charge is -2.46. The highest BCUT2D eigenvalue weighted by Crippen LogP contribution is 2.41. The standard InChI is InChI=1S/C56H96N6O14/c1-15-22-43(33-51(8,9)23-24-57-46(64)75-41-55(20-6,37-69-27-16-2)38-70-28-17-3)58-47(65)73-31-25-61-45(63)53(12,13)62(50(61)68)26-32-74-48(66)59-44-34-52(10,11)36-54(14,35-44)60-49(67)76-42-56(21-7,39-71-29-18-4)40-72-30-19-5/h16-19,43-44H,2-5,15,20-42H2,1,6-14H3,(H,57,64)(H,58,65)(H,59,66)(H,60,67). The van der Waals surface area contributed by atoms with Crippen molar-refractivity contribution < 1.29 is 66.7 Å². The number of ether oxygens (including phenoxy) is 8. The van der Waals surface area contributed by atoms with Crippen LogP contribution in [0.15, 0.2) is 50.6 Å². The van der Waals surface area contributed by atoms with E-state index in [1.54, 1.807) is 38.2 Å². The van der Waals surface area contributed by atoms with Crippen LogP contribution < -0.4 is 21.3 Å². The predicted molar refractivity (Wildman–Crippen MR) is 292 cm³/mol. The van der Waals surface area contributed by atoms with Crippen LogP contribution >= 0.6 is 0 Å². The van der Waals surface area contributed by atoms with Gasteiger partial charge in [-0.15, -0.1) is 26.3 Å². The van der Waals surface area contributed by atoms with Gasteiger partial charge in [0.2, 0.25) is 0 Å². The topological polar surface area (TPSA) is 231 Å². The zero-order valence-electron chi connectivity index (χ0n) is 47.9. The molecule has 0 radical (unpaired) electrons. The molecule has 0 aromatic heterocycles. The molecule has 0 aromatic rings. The van der Waals surface area contributed by atoms with E-state index < -0.39 is 58.2 Å². The smallest absolute Gasteiger partial charge is 0.407 e. The summed E-state index contributed by atoms with van der Waals surface area (Å²) in [6, 6.07) is -1.20. The maximum atomic E-state index is 13.6. The number of alkyl carbamates (subject to hydrolysis) is 4. The summed E-state index contributed by atoms with van der Waals surface area (Å²) < 4.78 is 45.4. The van der Waals surface area contributed by atoms with Gasteiger partial charge in [-0.2, -0.15) is 0 Å². The molecule has 3 unspecified atom stereocenters. The first-order valence-corrected chi connectivity index (χ1v) is 26.9. The second-order valence-corrected chi connectivity index (χ2v) is 22.7. The number of rotatable bonds is 38. The Morgan fingerprint density at radius 3 is 1.68 bits per heavy atom. The van der Waals surface area contributed by atoms with Gasteiger partial charge in [-0.05, 0) is 83.0 Å². The molecule has 1 heterocycles. The predicted octanol–water partition coefficient (Wildman–Crippen LogP) is 8.85. The Bertz CT molecular complexity index is 1860. The summed E-state index contributed by atoms with van der Waals surface area (Å²) in [4.78, 5) is 81.9. The highest BCUT2D eigenvalue weighted by Gasteiger charge is 2.51. The number of amides is 7. The second kappa shape index (κ2) is 32.5. The number of nitrogens with one attached hydrogen (secondary N) is 4. The van der Waals surface area contributed by atoms with Crippen molar-refractivity contribution in [3.63, 3.8) is 0 Å². The molecule has 20 heteroatoms. The summed E-state index contributed by atoms with van der Waals surface area (Å²) in [7, 11) is 0. The van der Waals surface area contributed by atoms with Crippen LogP contribution in [0.25, 0.3) is 0 Å². The van der Waals surface area contributed by atoms with Gasteiger partial charge in [-0.25, -0.2) is 24.0 Å². The fraction of sp³-hybridized carbons (Fsp3) is 0.750. The van der Waals surface area contributed by atoms with Gasteiger partial charge in [0.15, 0.2) is 0 Å². The quantitative estimate of drug-likeness (QED) is 0.0196. The van der Waals surface area contributed by atoms with Crippen LogP contribution in [0.4, 0.5) is 24.0 Å². The molecule has 1 saturated carbocycles. The molecule has 0 bridgehead atoms. The summed E-state index contributed by atoms with van der Waals surface area (Å²) in [6.45, 7) is 36.7. The molecule has 7 amide bonds. The number of carbonyl (C=O) groups excluding carboxylic acids is 6. The molecule has 2 fully saturated rings. The summed E-state index contributed by atoms with van der Waals surface area (Å²) in [5.41, 5.74) is -3.66. The Balaban J connectivity index is 1.89. The van der Waals surface area contributed by atoms with Gasteiger partial charge >= 0.3 is 30.4 Å². The van der Waals surface area contributed by atoms with Gasteiger partial charge in [0, 0.05) is 24.2 Å². The van der Waals surface area contributed by atoms with E-state index >= 15 is 0 Å². The summed E-state index contributed by atoms with van der Waals surface area (Å²) in [6.07, 6.45) is 9.73. The Morgan fingerprint density at radius 1 is 0.684 bits per heavy atom. The number of urea groups is 1. The third kappa shape index (κ3) is 23.2. The van der Waals surface area contributed by atoms with Crippen LogP contribution in [0.3, 0.4) is 0 Å². The van der Waals surface area contributed by atoms with E-state index in [0.29, 0.717) is 111 Å². The Kier molecular flexibility index (Phi) is 28.7. The minimum absolute atomic E-state index is 0.0646. The van der Waals surface area contributed by atoms with Gasteiger partial charge in [-0.1, -0.05) is 79.2 Å². The summed E-state index contributed by atoms with van der Waals surface area (Å²) in [5, 5.41) is 11.8. The van der Waals surface area contributed by atoms with Crippen molar-refractivity contribution in [1.29, 1.82) is 0 Å². The van der Waals surface area contributed by atoms with Gasteiger partial charge in [-0.3, -0.25) is 9.69 Å². The molecular formula is C56H96N6O14. The van der Waals surface area contributed by atoms with Crippen LogP contribution in [0, 0.1) is 21.7 Å². The van der Waals surface area contributed by atoms with Crippen LogP contribution in [0.1, 0.15) is 127 Å². The first kappa shape index (κ1) is 66.9. The van der Waals surface area contributed by atoms with Crippen molar-refractivity contribution in [1.82, 2.24) is 31.1 Å². The average Bonchev–Trinajstić information content (AvgIpc) is 3.49. The normalized spacial score (nSPS) is 18.7. The van der Waals surface area contributed by atoms with E-state index in [1.165, 1.54) is 4.90 Å². The van der Waals surface area contributed by atoms with Crippen molar-refractivity contribution in [2.24, 2.45) is 21.7 Å². The lowest BCUT2D eigenvalue weighted by atomic mass is 9.67. The molecule has 76 heavy (non-hydrogen) atoms.